The molecule has 9 aromatic carbocycles. The first-order chi connectivity index (χ1) is 30.8. The van der Waals surface area contributed by atoms with E-state index in [0.29, 0.717) is 0 Å². The summed E-state index contributed by atoms with van der Waals surface area (Å²) >= 11 is 0. The summed E-state index contributed by atoms with van der Waals surface area (Å²) < 4.78 is 9.17. The van der Waals surface area contributed by atoms with Gasteiger partial charge in [-0.3, -0.25) is 4.98 Å². The third kappa shape index (κ3) is 5.18. The lowest BCUT2D eigenvalue weighted by atomic mass is 9.99. The first-order valence-electron chi connectivity index (χ1n) is 21.0. The highest BCUT2D eigenvalue weighted by molar-refractivity contribution is 6.29. The van der Waals surface area contributed by atoms with E-state index in [4.69, 9.17) is 9.40 Å². The zero-order valence-corrected chi connectivity index (χ0v) is 33.5. The Morgan fingerprint density at radius 2 is 1.03 bits per heavy atom. The Kier molecular flexibility index (Phi) is 7.54. The molecule has 5 heteroatoms. The van der Waals surface area contributed by atoms with Gasteiger partial charge in [0.1, 0.15) is 11.2 Å². The Morgan fingerprint density at radius 1 is 0.419 bits per heavy atom. The molecule has 1 aliphatic heterocycles. The summed E-state index contributed by atoms with van der Waals surface area (Å²) in [6.45, 7) is 0. The molecule has 290 valence electrons. The molecule has 0 radical (unpaired) electrons. The summed E-state index contributed by atoms with van der Waals surface area (Å²) in [6, 6.07) is 75.8. The van der Waals surface area contributed by atoms with Gasteiger partial charge in [-0.2, -0.15) is 0 Å². The van der Waals surface area contributed by atoms with Crippen molar-refractivity contribution < 1.29 is 4.42 Å². The fourth-order valence-electron chi connectivity index (χ4n) is 9.75. The number of hydrogen-bond donors (Lipinski definition) is 0. The molecule has 0 saturated heterocycles. The highest BCUT2D eigenvalue weighted by atomic mass is 16.3. The molecule has 0 aliphatic carbocycles. The normalized spacial score (nSPS) is 12.2. The van der Waals surface area contributed by atoms with Crippen LogP contribution in [0.3, 0.4) is 0 Å². The van der Waals surface area contributed by atoms with Crippen LogP contribution in [0, 0.1) is 0 Å². The zero-order valence-electron chi connectivity index (χ0n) is 33.5. The molecule has 0 spiro atoms. The number of furan rings is 1. The lowest BCUT2D eigenvalue weighted by Crippen LogP contribution is -2.18. The monoisotopic (exact) mass is 792 g/mol. The van der Waals surface area contributed by atoms with Crippen LogP contribution in [0.2, 0.25) is 0 Å². The summed E-state index contributed by atoms with van der Waals surface area (Å²) in [4.78, 5) is 9.98. The molecule has 13 rings (SSSR count). The van der Waals surface area contributed by atoms with E-state index < -0.39 is 0 Å². The predicted octanol–water partition coefficient (Wildman–Crippen LogP) is 15.8. The van der Waals surface area contributed by atoms with E-state index in [1.54, 1.807) is 0 Å². The van der Waals surface area contributed by atoms with Crippen LogP contribution >= 0.6 is 0 Å². The number of rotatable bonds is 6. The molecule has 1 aliphatic rings. The number of nitrogens with zero attached hydrogens (tertiary/aromatic N) is 4. The van der Waals surface area contributed by atoms with Gasteiger partial charge in [-0.1, -0.05) is 140 Å². The van der Waals surface area contributed by atoms with E-state index >= 15 is 0 Å². The van der Waals surface area contributed by atoms with Crippen LogP contribution in [0.1, 0.15) is 0 Å². The van der Waals surface area contributed by atoms with E-state index in [9.17, 15) is 0 Å². The number of anilines is 6. The van der Waals surface area contributed by atoms with Gasteiger partial charge in [0, 0.05) is 50.5 Å². The number of fused-ring (bicyclic) bond motifs is 11. The molecular formula is C57H36N4O. The second-order valence-corrected chi connectivity index (χ2v) is 16.0. The van der Waals surface area contributed by atoms with E-state index in [2.05, 4.69) is 221 Å². The maximum absolute atomic E-state index is 6.71. The van der Waals surface area contributed by atoms with Crippen molar-refractivity contribution in [2.45, 2.75) is 0 Å². The van der Waals surface area contributed by atoms with Crippen molar-refractivity contribution in [1.82, 2.24) is 9.55 Å². The van der Waals surface area contributed by atoms with Gasteiger partial charge in [0.05, 0.1) is 39.0 Å². The SMILES string of the molecule is c1ccc(-c2cccc(N(c3ccccc3)c3cccc(-c4ccc5c(c4)N(c4ccccc4)c4c6c(cc7c8ncc9ccccc9c8n-5c47)oc4ccccc46)c3)c2)cc1. The minimum Gasteiger partial charge on any atom is -0.456 e. The van der Waals surface area contributed by atoms with Gasteiger partial charge in [0.2, 0.25) is 0 Å². The molecule has 5 nitrogen and oxygen atoms in total. The van der Waals surface area contributed by atoms with Crippen molar-refractivity contribution in [2.75, 3.05) is 9.80 Å². The molecule has 12 aromatic rings. The average Bonchev–Trinajstić information content (AvgIpc) is 3.89. The van der Waals surface area contributed by atoms with Gasteiger partial charge in [0.15, 0.2) is 0 Å². The Bertz CT molecular complexity index is 3700. The molecule has 0 bridgehead atoms. The molecule has 0 atom stereocenters. The standard InChI is InChI=1S/C57H36N4O/c1-4-16-37(17-5-1)38-19-14-25-44(32-38)59(42-21-6-2-7-22-42)45-26-15-20-39(33-45)40-30-31-49-50(34-40)60(43-23-8-3-9-24-43)57-53-47-28-12-13-29-51(47)62-52(53)35-48-54-55(61(49)56(48)57)46-27-11-10-18-41(46)36-58-54/h1-36H. The van der Waals surface area contributed by atoms with Gasteiger partial charge < -0.3 is 18.8 Å². The first-order valence-corrected chi connectivity index (χ1v) is 21.0. The van der Waals surface area contributed by atoms with Gasteiger partial charge in [-0.25, -0.2) is 0 Å². The third-order valence-electron chi connectivity index (χ3n) is 12.4. The summed E-state index contributed by atoms with van der Waals surface area (Å²) in [7, 11) is 0. The van der Waals surface area contributed by atoms with Crippen LogP contribution in [0.15, 0.2) is 223 Å². The lowest BCUT2D eigenvalue weighted by Gasteiger charge is -2.34. The molecule has 0 saturated carbocycles. The molecule has 0 unspecified atom stereocenters. The molecule has 0 amide bonds. The van der Waals surface area contributed by atoms with Crippen molar-refractivity contribution in [3.63, 3.8) is 0 Å². The maximum atomic E-state index is 6.71. The lowest BCUT2D eigenvalue weighted by molar-refractivity contribution is 0.669. The quantitative estimate of drug-likeness (QED) is 0.168. The summed E-state index contributed by atoms with van der Waals surface area (Å²) in [5.74, 6) is 0. The Morgan fingerprint density at radius 3 is 1.81 bits per heavy atom. The van der Waals surface area contributed by atoms with Crippen LogP contribution in [0.4, 0.5) is 34.1 Å². The van der Waals surface area contributed by atoms with Crippen LogP contribution in [0.5, 0.6) is 0 Å². The maximum Gasteiger partial charge on any atom is 0.138 e. The van der Waals surface area contributed by atoms with Crippen LogP contribution in [-0.2, 0) is 0 Å². The molecular weight excluding hydrogens is 757 g/mol. The van der Waals surface area contributed by atoms with Crippen molar-refractivity contribution in [3.8, 4) is 27.9 Å². The highest BCUT2D eigenvalue weighted by Gasteiger charge is 2.33. The summed E-state index contributed by atoms with van der Waals surface area (Å²) in [5.41, 5.74) is 17.0. The smallest absolute Gasteiger partial charge is 0.138 e. The van der Waals surface area contributed by atoms with Crippen LogP contribution < -0.4 is 9.80 Å². The topological polar surface area (TPSA) is 37.4 Å². The second-order valence-electron chi connectivity index (χ2n) is 16.0. The molecule has 0 fully saturated rings. The third-order valence-corrected chi connectivity index (χ3v) is 12.4. The average molecular weight is 793 g/mol. The number of para-hydroxylation sites is 3. The Balaban J connectivity index is 1.07. The Labute approximate surface area is 357 Å². The minimum atomic E-state index is 0.841. The summed E-state index contributed by atoms with van der Waals surface area (Å²) in [5, 5.41) is 5.49. The van der Waals surface area contributed by atoms with Crippen molar-refractivity contribution in [3.05, 3.63) is 219 Å². The van der Waals surface area contributed by atoms with Gasteiger partial charge >= 0.3 is 0 Å². The van der Waals surface area contributed by atoms with Crippen molar-refractivity contribution >= 4 is 88.8 Å². The fourth-order valence-corrected chi connectivity index (χ4v) is 9.75. The van der Waals surface area contributed by atoms with E-state index in [1.165, 1.54) is 11.1 Å². The van der Waals surface area contributed by atoms with Gasteiger partial charge in [-0.05, 0) is 95.1 Å². The fraction of sp³-hybridized carbons (Fsp3) is 0. The predicted molar refractivity (Wildman–Crippen MR) is 257 cm³/mol. The molecule has 0 N–H and O–H groups in total. The number of hydrogen-bond acceptors (Lipinski definition) is 4. The van der Waals surface area contributed by atoms with E-state index in [0.717, 1.165) is 106 Å². The first kappa shape index (κ1) is 34.5. The van der Waals surface area contributed by atoms with Crippen LogP contribution in [-0.4, -0.2) is 9.55 Å². The number of aromatic nitrogens is 2. The molecule has 4 heterocycles. The number of pyridine rings is 1. The van der Waals surface area contributed by atoms with Crippen molar-refractivity contribution in [1.29, 1.82) is 0 Å². The molecule has 62 heavy (non-hydrogen) atoms. The summed E-state index contributed by atoms with van der Waals surface area (Å²) in [6.07, 6.45) is 2.00. The van der Waals surface area contributed by atoms with E-state index in [1.807, 2.05) is 12.3 Å². The number of benzene rings is 9. The van der Waals surface area contributed by atoms with Gasteiger partial charge in [-0.15, -0.1) is 0 Å². The zero-order chi connectivity index (χ0) is 40.7. The van der Waals surface area contributed by atoms with E-state index in [-0.39, 0.29) is 0 Å². The second kappa shape index (κ2) is 13.6. The van der Waals surface area contributed by atoms with Crippen molar-refractivity contribution in [2.24, 2.45) is 0 Å². The van der Waals surface area contributed by atoms with Crippen LogP contribution in [0.25, 0.3) is 82.6 Å². The largest absolute Gasteiger partial charge is 0.456 e. The minimum absolute atomic E-state index is 0.841. The highest BCUT2D eigenvalue weighted by Crippen LogP contribution is 2.55. The molecule has 3 aromatic heterocycles. The Hall–Kier alpha value is -8.41. The van der Waals surface area contributed by atoms with Gasteiger partial charge in [0.25, 0.3) is 0 Å².